The van der Waals surface area contributed by atoms with E-state index in [1.807, 2.05) is 37.4 Å². The first-order valence-electron chi connectivity index (χ1n) is 8.37. The minimum absolute atomic E-state index is 0.200. The molecule has 0 saturated heterocycles. The predicted octanol–water partition coefficient (Wildman–Crippen LogP) is 5.11. The molecule has 0 amide bonds. The summed E-state index contributed by atoms with van der Waals surface area (Å²) in [5.74, 6) is 0.825. The van der Waals surface area contributed by atoms with Crippen molar-refractivity contribution in [2.75, 3.05) is 0 Å². The summed E-state index contributed by atoms with van der Waals surface area (Å²) in [5.41, 5.74) is 2.44. The fourth-order valence-corrected chi connectivity index (χ4v) is 3.55. The number of allylic oxidation sites excluding steroid dienone is 2. The van der Waals surface area contributed by atoms with E-state index in [1.165, 1.54) is 11.0 Å². The van der Waals surface area contributed by atoms with Gasteiger partial charge in [0, 0.05) is 11.1 Å². The summed E-state index contributed by atoms with van der Waals surface area (Å²) in [5, 5.41) is 5.85. The van der Waals surface area contributed by atoms with Crippen LogP contribution >= 0.6 is 0 Å². The standard InChI is InChI=1S/C21H22N2O/c1-5-8-17-14(2)20(3,4)21(23-17)13-22-19-16-10-7-6-9-15(16)11-12-18(19)24-21/h5-13,23H,1-4H3/b8-5-. The third kappa shape index (κ3) is 1.87. The topological polar surface area (TPSA) is 33.6 Å². The lowest BCUT2D eigenvalue weighted by Gasteiger charge is -2.41. The molecular weight excluding hydrogens is 296 g/mol. The van der Waals surface area contributed by atoms with Crippen LogP contribution in [0.3, 0.4) is 0 Å². The van der Waals surface area contributed by atoms with E-state index in [2.05, 4.69) is 50.4 Å². The second-order valence-electron chi connectivity index (χ2n) is 7.02. The SMILES string of the molecule is C/C=C\C1=C(C)C(C)(C)C2(C=Nc3c(ccc4ccccc34)O2)N1. The molecule has 4 rings (SSSR count). The zero-order valence-corrected chi connectivity index (χ0v) is 14.6. The molecule has 3 heteroatoms. The number of ether oxygens (including phenoxy) is 1. The summed E-state index contributed by atoms with van der Waals surface area (Å²) in [6.45, 7) is 8.58. The van der Waals surface area contributed by atoms with E-state index in [1.54, 1.807) is 0 Å². The van der Waals surface area contributed by atoms with Gasteiger partial charge in [-0.2, -0.15) is 0 Å². The van der Waals surface area contributed by atoms with Crippen LogP contribution in [0, 0.1) is 5.41 Å². The van der Waals surface area contributed by atoms with Gasteiger partial charge in [-0.3, -0.25) is 4.99 Å². The van der Waals surface area contributed by atoms with E-state index in [0.717, 1.165) is 22.5 Å². The Hall–Kier alpha value is -2.55. The molecule has 122 valence electrons. The Labute approximate surface area is 142 Å². The normalized spacial score (nSPS) is 24.5. The molecule has 2 aliphatic heterocycles. The molecule has 0 saturated carbocycles. The van der Waals surface area contributed by atoms with E-state index >= 15 is 0 Å². The van der Waals surface area contributed by atoms with E-state index in [9.17, 15) is 0 Å². The molecule has 1 spiro atoms. The average Bonchev–Trinajstić information content (AvgIpc) is 2.76. The van der Waals surface area contributed by atoms with Crippen molar-refractivity contribution >= 4 is 22.7 Å². The lowest BCUT2D eigenvalue weighted by Crippen LogP contribution is -2.58. The Kier molecular flexibility index (Phi) is 3.11. The summed E-state index contributed by atoms with van der Waals surface area (Å²) >= 11 is 0. The first kappa shape index (κ1) is 15.0. The highest BCUT2D eigenvalue weighted by atomic mass is 16.5. The number of aliphatic imine (C=N–C) groups is 1. The molecule has 2 heterocycles. The molecular formula is C21H22N2O. The fourth-order valence-electron chi connectivity index (χ4n) is 3.55. The van der Waals surface area contributed by atoms with Crippen LogP contribution in [-0.4, -0.2) is 11.9 Å². The second kappa shape index (κ2) is 4.97. The molecule has 0 bridgehead atoms. The molecule has 0 aliphatic carbocycles. The number of rotatable bonds is 1. The molecule has 0 radical (unpaired) electrons. The van der Waals surface area contributed by atoms with Crippen LogP contribution in [0.5, 0.6) is 5.75 Å². The summed E-state index contributed by atoms with van der Waals surface area (Å²) in [4.78, 5) is 4.82. The molecule has 1 unspecified atom stereocenters. The smallest absolute Gasteiger partial charge is 0.226 e. The Morgan fingerprint density at radius 2 is 1.92 bits per heavy atom. The van der Waals surface area contributed by atoms with Crippen molar-refractivity contribution in [1.82, 2.24) is 5.32 Å². The monoisotopic (exact) mass is 318 g/mol. The van der Waals surface area contributed by atoms with Crippen molar-refractivity contribution in [2.24, 2.45) is 10.4 Å². The van der Waals surface area contributed by atoms with Crippen molar-refractivity contribution in [2.45, 2.75) is 33.4 Å². The molecule has 1 N–H and O–H groups in total. The number of fused-ring (bicyclic) bond motifs is 3. The van der Waals surface area contributed by atoms with Crippen LogP contribution in [-0.2, 0) is 0 Å². The van der Waals surface area contributed by atoms with Crippen molar-refractivity contribution in [3.8, 4) is 5.75 Å². The highest BCUT2D eigenvalue weighted by molar-refractivity contribution is 5.98. The second-order valence-corrected chi connectivity index (χ2v) is 7.02. The third-order valence-electron chi connectivity index (χ3n) is 5.43. The van der Waals surface area contributed by atoms with Crippen LogP contribution < -0.4 is 10.1 Å². The van der Waals surface area contributed by atoms with E-state index in [-0.39, 0.29) is 5.41 Å². The van der Waals surface area contributed by atoms with Gasteiger partial charge in [-0.15, -0.1) is 0 Å². The van der Waals surface area contributed by atoms with E-state index in [0.29, 0.717) is 0 Å². The number of hydrogen-bond donors (Lipinski definition) is 1. The maximum Gasteiger partial charge on any atom is 0.226 e. The zero-order valence-electron chi connectivity index (χ0n) is 14.6. The molecule has 0 aromatic heterocycles. The number of benzene rings is 2. The van der Waals surface area contributed by atoms with Crippen molar-refractivity contribution in [3.05, 3.63) is 59.8 Å². The quantitative estimate of drug-likeness (QED) is 0.792. The Morgan fingerprint density at radius 3 is 2.71 bits per heavy atom. The van der Waals surface area contributed by atoms with Crippen molar-refractivity contribution < 1.29 is 4.74 Å². The summed E-state index contributed by atoms with van der Waals surface area (Å²) in [6.07, 6.45) is 6.07. The lowest BCUT2D eigenvalue weighted by molar-refractivity contribution is 0.0390. The molecule has 0 fully saturated rings. The number of nitrogens with one attached hydrogen (secondary N) is 1. The van der Waals surface area contributed by atoms with Gasteiger partial charge in [-0.1, -0.05) is 36.4 Å². The van der Waals surface area contributed by atoms with Gasteiger partial charge in [-0.05, 0) is 50.8 Å². The maximum atomic E-state index is 6.51. The summed E-state index contributed by atoms with van der Waals surface area (Å²) in [7, 11) is 0. The molecule has 2 aromatic rings. The lowest BCUT2D eigenvalue weighted by atomic mass is 9.77. The molecule has 1 atom stereocenters. The maximum absolute atomic E-state index is 6.51. The van der Waals surface area contributed by atoms with Crippen molar-refractivity contribution in [1.29, 1.82) is 0 Å². The number of hydrogen-bond acceptors (Lipinski definition) is 3. The average molecular weight is 318 g/mol. The van der Waals surface area contributed by atoms with Gasteiger partial charge in [-0.25, -0.2) is 0 Å². The van der Waals surface area contributed by atoms with Gasteiger partial charge in [0.05, 0.1) is 11.6 Å². The predicted molar refractivity (Wildman–Crippen MR) is 99.9 cm³/mol. The van der Waals surface area contributed by atoms with Crippen LogP contribution in [0.4, 0.5) is 5.69 Å². The molecule has 2 aliphatic rings. The Morgan fingerprint density at radius 1 is 1.12 bits per heavy atom. The van der Waals surface area contributed by atoms with Crippen LogP contribution in [0.1, 0.15) is 27.7 Å². The zero-order chi connectivity index (χ0) is 16.9. The minimum atomic E-state index is -0.651. The molecule has 2 aromatic carbocycles. The highest BCUT2D eigenvalue weighted by Gasteiger charge is 2.54. The third-order valence-corrected chi connectivity index (χ3v) is 5.43. The van der Waals surface area contributed by atoms with Gasteiger partial charge in [0.2, 0.25) is 5.72 Å². The van der Waals surface area contributed by atoms with Gasteiger partial charge < -0.3 is 10.1 Å². The fraction of sp³-hybridized carbons (Fsp3) is 0.286. The van der Waals surface area contributed by atoms with Gasteiger partial charge in [0.15, 0.2) is 0 Å². The van der Waals surface area contributed by atoms with Gasteiger partial charge >= 0.3 is 0 Å². The summed E-state index contributed by atoms with van der Waals surface area (Å²) in [6, 6.07) is 12.4. The summed E-state index contributed by atoms with van der Waals surface area (Å²) < 4.78 is 6.51. The Bertz CT molecular complexity index is 921. The van der Waals surface area contributed by atoms with Crippen LogP contribution in [0.25, 0.3) is 10.8 Å². The van der Waals surface area contributed by atoms with Crippen LogP contribution in [0.2, 0.25) is 0 Å². The van der Waals surface area contributed by atoms with Crippen LogP contribution in [0.15, 0.2) is 64.8 Å². The van der Waals surface area contributed by atoms with Gasteiger partial charge in [0.1, 0.15) is 11.4 Å². The van der Waals surface area contributed by atoms with E-state index in [4.69, 9.17) is 9.73 Å². The molecule has 24 heavy (non-hydrogen) atoms. The van der Waals surface area contributed by atoms with Crippen molar-refractivity contribution in [3.63, 3.8) is 0 Å². The Balaban J connectivity index is 1.83. The minimum Gasteiger partial charge on any atom is -0.460 e. The first-order chi connectivity index (χ1) is 11.5. The molecule has 3 nitrogen and oxygen atoms in total. The van der Waals surface area contributed by atoms with Gasteiger partial charge in [0.25, 0.3) is 0 Å². The number of nitrogens with zero attached hydrogens (tertiary/aromatic N) is 1. The first-order valence-corrected chi connectivity index (χ1v) is 8.37. The van der Waals surface area contributed by atoms with E-state index < -0.39 is 5.72 Å². The highest BCUT2D eigenvalue weighted by Crippen LogP contribution is 2.50. The largest absolute Gasteiger partial charge is 0.460 e.